The van der Waals surface area contributed by atoms with E-state index in [0.717, 1.165) is 0 Å². The monoisotopic (exact) mass is 362 g/mol. The van der Waals surface area contributed by atoms with Crippen molar-refractivity contribution in [2.75, 3.05) is 6.61 Å². The molecule has 8 heteroatoms. The number of aliphatic imine (C=N–C) groups is 1. The minimum Gasteiger partial charge on any atom is -0.461 e. The number of benzene rings is 2. The fraction of sp³-hybridized carbons (Fsp3) is 0.222. The van der Waals surface area contributed by atoms with Crippen LogP contribution >= 0.6 is 0 Å². The van der Waals surface area contributed by atoms with Crippen molar-refractivity contribution in [2.24, 2.45) is 4.99 Å². The quantitative estimate of drug-likeness (QED) is 0.325. The molecule has 2 rings (SSSR count). The number of esters is 1. The average Bonchev–Trinajstić information content (AvgIpc) is 2.63. The molecule has 0 saturated heterocycles. The molecule has 0 fully saturated rings. The Kier molecular flexibility index (Phi) is 6.11. The summed E-state index contributed by atoms with van der Waals surface area (Å²) in [5.41, 5.74) is -0.246. The van der Waals surface area contributed by atoms with Gasteiger partial charge in [-0.2, -0.15) is 8.78 Å². The summed E-state index contributed by atoms with van der Waals surface area (Å²) in [4.78, 5) is 25.7. The van der Waals surface area contributed by atoms with Crippen LogP contribution in [0.5, 0.6) is 0 Å². The Morgan fingerprint density at radius 1 is 1.15 bits per heavy atom. The maximum atomic E-state index is 14.5. The van der Waals surface area contributed by atoms with E-state index in [4.69, 9.17) is 0 Å². The summed E-state index contributed by atoms with van der Waals surface area (Å²) in [6.45, 7) is 1.08. The third-order valence-electron chi connectivity index (χ3n) is 3.44. The number of ether oxygens (including phenoxy) is 1. The second-order valence-electron chi connectivity index (χ2n) is 5.25. The van der Waals surface area contributed by atoms with E-state index >= 15 is 0 Å². The number of rotatable bonds is 7. The van der Waals surface area contributed by atoms with E-state index in [1.165, 1.54) is 43.3 Å². The molecule has 0 aliphatic rings. The Labute approximate surface area is 148 Å². The van der Waals surface area contributed by atoms with Gasteiger partial charge in [0, 0.05) is 17.7 Å². The Hall–Kier alpha value is -3.16. The van der Waals surface area contributed by atoms with Gasteiger partial charge in [-0.25, -0.2) is 4.79 Å². The normalized spacial score (nSPS) is 11.9. The van der Waals surface area contributed by atoms with Gasteiger partial charge in [-0.15, -0.1) is 0 Å². The van der Waals surface area contributed by atoms with Gasteiger partial charge in [0.15, 0.2) is 0 Å². The highest BCUT2D eigenvalue weighted by Gasteiger charge is 2.46. The summed E-state index contributed by atoms with van der Waals surface area (Å²) in [6, 6.07) is 13.0. The number of hydrogen-bond donors (Lipinski definition) is 0. The van der Waals surface area contributed by atoms with E-state index in [9.17, 15) is 23.7 Å². The fourth-order valence-electron chi connectivity index (χ4n) is 2.18. The second kappa shape index (κ2) is 8.28. The first-order valence-corrected chi connectivity index (χ1v) is 7.75. The number of hydrogen-bond acceptors (Lipinski definition) is 5. The Bertz CT molecular complexity index is 806. The van der Waals surface area contributed by atoms with Gasteiger partial charge >= 0.3 is 11.9 Å². The molecule has 0 amide bonds. The third kappa shape index (κ3) is 4.47. The van der Waals surface area contributed by atoms with E-state index in [1.54, 1.807) is 18.2 Å². The highest BCUT2D eigenvalue weighted by atomic mass is 19.3. The molecule has 136 valence electrons. The lowest BCUT2D eigenvalue weighted by atomic mass is 10.0. The Morgan fingerprint density at radius 2 is 1.77 bits per heavy atom. The van der Waals surface area contributed by atoms with Crippen LogP contribution in [0.15, 0.2) is 59.6 Å². The summed E-state index contributed by atoms with van der Waals surface area (Å²) in [7, 11) is 0. The van der Waals surface area contributed by atoms with Gasteiger partial charge < -0.3 is 4.74 Å². The summed E-state index contributed by atoms with van der Waals surface area (Å²) in [5.74, 6) is -5.59. The molecular weight excluding hydrogens is 346 g/mol. The largest absolute Gasteiger partial charge is 0.461 e. The molecule has 2 aromatic carbocycles. The highest BCUT2D eigenvalue weighted by Crippen LogP contribution is 2.24. The molecule has 0 bridgehead atoms. The van der Waals surface area contributed by atoms with Gasteiger partial charge in [0.25, 0.3) is 5.69 Å². The predicted octanol–water partition coefficient (Wildman–Crippen LogP) is 3.78. The van der Waals surface area contributed by atoms with Crippen molar-refractivity contribution in [1.29, 1.82) is 0 Å². The number of halogens is 2. The third-order valence-corrected chi connectivity index (χ3v) is 3.44. The second-order valence-corrected chi connectivity index (χ2v) is 5.25. The summed E-state index contributed by atoms with van der Waals surface area (Å²) in [5, 5.41) is 10.7. The van der Waals surface area contributed by atoms with Crippen molar-refractivity contribution in [3.63, 3.8) is 0 Å². The van der Waals surface area contributed by atoms with Gasteiger partial charge in [0.2, 0.25) is 0 Å². The molecule has 0 aliphatic heterocycles. The number of non-ortho nitro benzene ring substituents is 1. The van der Waals surface area contributed by atoms with Crippen LogP contribution in [-0.4, -0.2) is 29.1 Å². The van der Waals surface area contributed by atoms with Crippen molar-refractivity contribution >= 4 is 17.4 Å². The number of nitro groups is 1. The van der Waals surface area contributed by atoms with Gasteiger partial charge in [-0.05, 0) is 12.5 Å². The van der Waals surface area contributed by atoms with E-state index in [0.29, 0.717) is 5.56 Å². The zero-order valence-corrected chi connectivity index (χ0v) is 13.9. The molecule has 0 aromatic heterocycles. The molecule has 6 nitrogen and oxygen atoms in total. The first-order chi connectivity index (χ1) is 12.4. The zero-order chi connectivity index (χ0) is 19.2. The van der Waals surface area contributed by atoms with Gasteiger partial charge in [0.05, 0.1) is 18.1 Å². The van der Waals surface area contributed by atoms with Crippen LogP contribution < -0.4 is 0 Å². The molecule has 26 heavy (non-hydrogen) atoms. The summed E-state index contributed by atoms with van der Waals surface area (Å²) < 4.78 is 33.5. The van der Waals surface area contributed by atoms with Crippen LogP contribution in [0, 0.1) is 10.1 Å². The van der Waals surface area contributed by atoms with E-state index in [-0.39, 0.29) is 24.4 Å². The lowest BCUT2D eigenvalue weighted by Crippen LogP contribution is -2.40. The van der Waals surface area contributed by atoms with Crippen LogP contribution in [0.3, 0.4) is 0 Å². The van der Waals surface area contributed by atoms with Crippen molar-refractivity contribution < 1.29 is 23.2 Å². The highest BCUT2D eigenvalue weighted by molar-refractivity contribution is 6.16. The topological polar surface area (TPSA) is 81.8 Å². The predicted molar refractivity (Wildman–Crippen MR) is 91.4 cm³/mol. The van der Waals surface area contributed by atoms with Gasteiger partial charge in [0.1, 0.15) is 5.71 Å². The minimum atomic E-state index is -3.92. The standard InChI is InChI=1S/C18H16F2N2O4/c1-2-26-17(23)18(19,20)16(14-6-4-3-5-7-14)21-12-13-8-10-15(11-9-13)22(24)25/h3-11H,2,12H2,1H3. The first-order valence-electron chi connectivity index (χ1n) is 7.75. The van der Waals surface area contributed by atoms with Gasteiger partial charge in [-0.1, -0.05) is 42.5 Å². The number of alkyl halides is 2. The molecule has 0 unspecified atom stereocenters. The van der Waals surface area contributed by atoms with Crippen molar-refractivity contribution in [3.8, 4) is 0 Å². The van der Waals surface area contributed by atoms with Crippen LogP contribution in [0.25, 0.3) is 0 Å². The SMILES string of the molecule is CCOC(=O)C(F)(F)C(=NCc1ccc([N+](=O)[O-])cc1)c1ccccc1. The minimum absolute atomic E-state index is 0.0902. The summed E-state index contributed by atoms with van der Waals surface area (Å²) >= 11 is 0. The van der Waals surface area contributed by atoms with Crippen LogP contribution in [0.4, 0.5) is 14.5 Å². The van der Waals surface area contributed by atoms with E-state index < -0.39 is 22.5 Å². The summed E-state index contributed by atoms with van der Waals surface area (Å²) in [6.07, 6.45) is 0. The molecule has 0 saturated carbocycles. The molecule has 2 aromatic rings. The number of nitrogens with zero attached hydrogens (tertiary/aromatic N) is 2. The lowest BCUT2D eigenvalue weighted by Gasteiger charge is -2.17. The van der Waals surface area contributed by atoms with Crippen LogP contribution in [0.1, 0.15) is 18.1 Å². The van der Waals surface area contributed by atoms with Crippen molar-refractivity contribution in [2.45, 2.75) is 19.4 Å². The average molecular weight is 362 g/mol. The molecule has 0 spiro atoms. The molecule has 0 atom stereocenters. The Balaban J connectivity index is 2.36. The molecule has 0 N–H and O–H groups in total. The molecule has 0 heterocycles. The maximum absolute atomic E-state index is 14.5. The molecular formula is C18H16F2N2O4. The smallest absolute Gasteiger partial charge is 0.384 e. The fourth-order valence-corrected chi connectivity index (χ4v) is 2.18. The zero-order valence-electron chi connectivity index (χ0n) is 13.9. The number of nitro benzene ring substituents is 1. The number of carbonyl (C=O) groups excluding carboxylic acids is 1. The van der Waals surface area contributed by atoms with E-state index in [1.807, 2.05) is 0 Å². The lowest BCUT2D eigenvalue weighted by molar-refractivity contribution is -0.384. The molecule has 0 aliphatic carbocycles. The van der Waals surface area contributed by atoms with Crippen molar-refractivity contribution in [1.82, 2.24) is 0 Å². The number of carbonyl (C=O) groups is 1. The van der Waals surface area contributed by atoms with Crippen molar-refractivity contribution in [3.05, 3.63) is 75.8 Å². The van der Waals surface area contributed by atoms with Crippen LogP contribution in [-0.2, 0) is 16.1 Å². The van der Waals surface area contributed by atoms with Crippen LogP contribution in [0.2, 0.25) is 0 Å². The van der Waals surface area contributed by atoms with Gasteiger partial charge in [-0.3, -0.25) is 15.1 Å². The maximum Gasteiger partial charge on any atom is 0.384 e. The Morgan fingerprint density at radius 3 is 2.31 bits per heavy atom. The van der Waals surface area contributed by atoms with E-state index in [2.05, 4.69) is 9.73 Å². The molecule has 0 radical (unpaired) electrons. The first kappa shape index (κ1) is 19.2.